The summed E-state index contributed by atoms with van der Waals surface area (Å²) >= 11 is 0. The van der Waals surface area contributed by atoms with Crippen molar-refractivity contribution in [1.29, 1.82) is 0 Å². The number of anilines is 1. The van der Waals surface area contributed by atoms with Gasteiger partial charge in [-0.25, -0.2) is 8.78 Å². The van der Waals surface area contributed by atoms with Gasteiger partial charge in [-0.3, -0.25) is 0 Å². The molecule has 0 heterocycles. The van der Waals surface area contributed by atoms with Crippen LogP contribution in [0.15, 0.2) is 18.2 Å². The second-order valence-corrected chi connectivity index (χ2v) is 4.04. The van der Waals surface area contributed by atoms with Crippen molar-refractivity contribution in [1.82, 2.24) is 0 Å². The van der Waals surface area contributed by atoms with Crippen LogP contribution in [0.2, 0.25) is 0 Å². The third-order valence-corrected chi connectivity index (χ3v) is 2.56. The van der Waals surface area contributed by atoms with Crippen LogP contribution >= 0.6 is 0 Å². The lowest BCUT2D eigenvalue weighted by Crippen LogP contribution is -2.05. The Labute approximate surface area is 102 Å². The largest absolute Gasteiger partial charge is 0.380 e. The molecule has 0 spiro atoms. The monoisotopic (exact) mass is 239 g/mol. The zero-order valence-electron chi connectivity index (χ0n) is 10.6. The Morgan fingerprint density at radius 1 is 1.24 bits per heavy atom. The summed E-state index contributed by atoms with van der Waals surface area (Å²) in [5, 5.41) is 2.76. The second-order valence-electron chi connectivity index (χ2n) is 4.04. The van der Waals surface area contributed by atoms with Gasteiger partial charge in [0.25, 0.3) is 0 Å². The van der Waals surface area contributed by atoms with E-state index >= 15 is 0 Å². The lowest BCUT2D eigenvalue weighted by Gasteiger charge is -2.10. The summed E-state index contributed by atoms with van der Waals surface area (Å²) in [6.07, 6.45) is 3.63. The van der Waals surface area contributed by atoms with E-state index in [1.165, 1.54) is 12.1 Å². The zero-order chi connectivity index (χ0) is 12.8. The number of rotatable bonds is 5. The summed E-state index contributed by atoms with van der Waals surface area (Å²) in [7, 11) is 0. The van der Waals surface area contributed by atoms with E-state index in [1.807, 2.05) is 26.8 Å². The van der Waals surface area contributed by atoms with Gasteiger partial charge in [0.1, 0.15) is 17.3 Å². The Kier molecular flexibility index (Phi) is 5.13. The number of benzene rings is 1. The van der Waals surface area contributed by atoms with E-state index in [0.29, 0.717) is 12.1 Å². The summed E-state index contributed by atoms with van der Waals surface area (Å²) in [4.78, 5) is 0. The molecule has 0 bridgehead atoms. The lowest BCUT2D eigenvalue weighted by atomic mass is 10.1. The van der Waals surface area contributed by atoms with Gasteiger partial charge in [0, 0.05) is 6.54 Å². The number of halogens is 2. The van der Waals surface area contributed by atoms with E-state index in [4.69, 9.17) is 0 Å². The average molecular weight is 239 g/mol. The summed E-state index contributed by atoms with van der Waals surface area (Å²) in [5.74, 6) is -1.06. The molecule has 94 valence electrons. The number of hydrogen-bond acceptors (Lipinski definition) is 1. The summed E-state index contributed by atoms with van der Waals surface area (Å²) in [5.41, 5.74) is 1.47. The topological polar surface area (TPSA) is 12.0 Å². The predicted octanol–water partition coefficient (Wildman–Crippen LogP) is 4.60. The fourth-order valence-electron chi connectivity index (χ4n) is 1.64. The number of nitrogens with one attached hydrogen (secondary N) is 1. The van der Waals surface area contributed by atoms with E-state index < -0.39 is 11.6 Å². The van der Waals surface area contributed by atoms with Crippen LogP contribution in [-0.2, 0) is 0 Å². The molecular formula is C14H19F2N. The van der Waals surface area contributed by atoms with Crippen LogP contribution in [-0.4, -0.2) is 6.54 Å². The maximum absolute atomic E-state index is 13.7. The van der Waals surface area contributed by atoms with Gasteiger partial charge < -0.3 is 5.32 Å². The normalized spacial score (nSPS) is 11.7. The van der Waals surface area contributed by atoms with Crippen LogP contribution in [0, 0.1) is 11.6 Å². The molecule has 0 amide bonds. The van der Waals surface area contributed by atoms with Gasteiger partial charge >= 0.3 is 0 Å². The van der Waals surface area contributed by atoms with E-state index in [-0.39, 0.29) is 5.69 Å². The van der Waals surface area contributed by atoms with E-state index in [2.05, 4.69) is 5.32 Å². The first-order valence-corrected chi connectivity index (χ1v) is 6.00. The van der Waals surface area contributed by atoms with Crippen molar-refractivity contribution in [3.05, 3.63) is 35.4 Å². The highest BCUT2D eigenvalue weighted by atomic mass is 19.1. The number of hydrogen-bond donors (Lipinski definition) is 1. The molecule has 0 fully saturated rings. The smallest absolute Gasteiger partial charge is 0.149 e. The SMILES string of the molecule is CCC=C(C)c1cc(F)c(NCCC)c(F)c1. The minimum atomic E-state index is -0.530. The second kappa shape index (κ2) is 6.38. The molecule has 0 aliphatic carbocycles. The quantitative estimate of drug-likeness (QED) is 0.791. The molecule has 1 aromatic rings. The van der Waals surface area contributed by atoms with Crippen LogP contribution in [0.1, 0.15) is 39.2 Å². The molecule has 3 heteroatoms. The van der Waals surface area contributed by atoms with Gasteiger partial charge in [0.05, 0.1) is 0 Å². The molecule has 0 aliphatic heterocycles. The molecule has 0 aromatic heterocycles. The van der Waals surface area contributed by atoms with Crippen LogP contribution in [0.4, 0.5) is 14.5 Å². The molecule has 0 atom stereocenters. The first-order chi connectivity index (χ1) is 8.10. The van der Waals surface area contributed by atoms with Gasteiger partial charge in [0.15, 0.2) is 0 Å². The van der Waals surface area contributed by atoms with Crippen molar-refractivity contribution >= 4 is 11.3 Å². The van der Waals surface area contributed by atoms with Crippen LogP contribution in [0.5, 0.6) is 0 Å². The van der Waals surface area contributed by atoms with Crippen molar-refractivity contribution in [3.8, 4) is 0 Å². The van der Waals surface area contributed by atoms with Crippen LogP contribution < -0.4 is 5.32 Å². The molecular weight excluding hydrogens is 220 g/mol. The predicted molar refractivity (Wildman–Crippen MR) is 69.1 cm³/mol. The Morgan fingerprint density at radius 2 is 1.82 bits per heavy atom. The van der Waals surface area contributed by atoms with Crippen molar-refractivity contribution in [2.45, 2.75) is 33.6 Å². The molecule has 0 unspecified atom stereocenters. The van der Waals surface area contributed by atoms with Gasteiger partial charge in [-0.1, -0.05) is 19.9 Å². The molecule has 17 heavy (non-hydrogen) atoms. The molecule has 1 rings (SSSR count). The maximum atomic E-state index is 13.7. The van der Waals surface area contributed by atoms with Crippen molar-refractivity contribution in [3.63, 3.8) is 0 Å². The van der Waals surface area contributed by atoms with E-state index in [0.717, 1.165) is 18.4 Å². The Bertz CT molecular complexity index is 388. The Hall–Kier alpha value is -1.38. The van der Waals surface area contributed by atoms with Crippen LogP contribution in [0.25, 0.3) is 5.57 Å². The highest BCUT2D eigenvalue weighted by molar-refractivity contribution is 5.66. The molecule has 1 aromatic carbocycles. The standard InChI is InChI=1S/C14H19F2N/c1-4-6-10(3)11-8-12(15)14(13(16)9-11)17-7-5-2/h6,8-9,17H,4-5,7H2,1-3H3. The molecule has 0 saturated heterocycles. The fraction of sp³-hybridized carbons (Fsp3) is 0.429. The van der Waals surface area contributed by atoms with E-state index in [9.17, 15) is 8.78 Å². The molecule has 0 aliphatic rings. The maximum Gasteiger partial charge on any atom is 0.149 e. The average Bonchev–Trinajstić information content (AvgIpc) is 2.28. The van der Waals surface area contributed by atoms with Crippen LogP contribution in [0.3, 0.4) is 0 Å². The minimum Gasteiger partial charge on any atom is -0.380 e. The Balaban J connectivity index is 3.04. The summed E-state index contributed by atoms with van der Waals surface area (Å²) in [6, 6.07) is 2.76. The first kappa shape index (κ1) is 13.7. The fourth-order valence-corrected chi connectivity index (χ4v) is 1.64. The molecule has 0 radical (unpaired) electrons. The molecule has 1 N–H and O–H groups in total. The van der Waals surface area contributed by atoms with Gasteiger partial charge in [-0.05, 0) is 43.0 Å². The summed E-state index contributed by atoms with van der Waals surface area (Å²) in [6.45, 7) is 6.37. The molecule has 0 saturated carbocycles. The third-order valence-electron chi connectivity index (χ3n) is 2.56. The van der Waals surface area contributed by atoms with Gasteiger partial charge in [0.2, 0.25) is 0 Å². The van der Waals surface area contributed by atoms with E-state index in [1.54, 1.807) is 0 Å². The van der Waals surface area contributed by atoms with Crippen molar-refractivity contribution in [2.75, 3.05) is 11.9 Å². The minimum absolute atomic E-state index is 0.0279. The molecule has 1 nitrogen and oxygen atoms in total. The third kappa shape index (κ3) is 3.55. The number of allylic oxidation sites excluding steroid dienone is 2. The van der Waals surface area contributed by atoms with Gasteiger partial charge in [-0.15, -0.1) is 0 Å². The summed E-state index contributed by atoms with van der Waals surface area (Å²) < 4.78 is 27.4. The van der Waals surface area contributed by atoms with Crippen molar-refractivity contribution < 1.29 is 8.78 Å². The van der Waals surface area contributed by atoms with Gasteiger partial charge in [-0.2, -0.15) is 0 Å². The highest BCUT2D eigenvalue weighted by Crippen LogP contribution is 2.24. The zero-order valence-corrected chi connectivity index (χ0v) is 10.6. The van der Waals surface area contributed by atoms with Crippen molar-refractivity contribution in [2.24, 2.45) is 0 Å². The first-order valence-electron chi connectivity index (χ1n) is 6.00. The Morgan fingerprint density at radius 3 is 2.29 bits per heavy atom. The highest BCUT2D eigenvalue weighted by Gasteiger charge is 2.11. The lowest BCUT2D eigenvalue weighted by molar-refractivity contribution is 0.587.